The summed E-state index contributed by atoms with van der Waals surface area (Å²) in [5.74, 6) is 0. The summed E-state index contributed by atoms with van der Waals surface area (Å²) < 4.78 is 0. The Bertz CT molecular complexity index is 596. The molecule has 4 nitrogen and oxygen atoms in total. The Labute approximate surface area is 130 Å². The van der Waals surface area contributed by atoms with E-state index in [1.807, 2.05) is 43.3 Å². The highest BCUT2D eigenvalue weighted by atomic mass is 32.1. The van der Waals surface area contributed by atoms with Crippen molar-refractivity contribution in [2.24, 2.45) is 5.10 Å². The zero-order valence-corrected chi connectivity index (χ0v) is 12.7. The average molecular weight is 298 g/mol. The van der Waals surface area contributed by atoms with E-state index in [-0.39, 0.29) is 0 Å². The molecule has 0 aliphatic carbocycles. The predicted molar refractivity (Wildman–Crippen MR) is 90.3 cm³/mol. The van der Waals surface area contributed by atoms with Gasteiger partial charge in [0.05, 0.1) is 11.4 Å². The van der Waals surface area contributed by atoms with Gasteiger partial charge in [0.15, 0.2) is 5.11 Å². The first-order chi connectivity index (χ1) is 10.3. The van der Waals surface area contributed by atoms with Gasteiger partial charge in [-0.2, -0.15) is 5.10 Å². The molecule has 0 saturated heterocycles. The first kappa shape index (κ1) is 15.1. The summed E-state index contributed by atoms with van der Waals surface area (Å²) in [5.41, 5.74) is 5.74. The highest BCUT2D eigenvalue weighted by Crippen LogP contribution is 2.06. The van der Waals surface area contributed by atoms with Crippen LogP contribution in [0.15, 0.2) is 59.8 Å². The molecular weight excluding hydrogens is 280 g/mol. The van der Waals surface area contributed by atoms with Crippen LogP contribution in [0.25, 0.3) is 0 Å². The smallest absolute Gasteiger partial charge is 0.186 e. The Balaban J connectivity index is 2.18. The van der Waals surface area contributed by atoms with Gasteiger partial charge in [0, 0.05) is 19.2 Å². The van der Waals surface area contributed by atoms with E-state index in [0.717, 1.165) is 18.0 Å². The van der Waals surface area contributed by atoms with Gasteiger partial charge in [-0.15, -0.1) is 0 Å². The number of rotatable bonds is 5. The highest BCUT2D eigenvalue weighted by molar-refractivity contribution is 7.80. The Morgan fingerprint density at radius 3 is 2.57 bits per heavy atom. The minimum absolute atomic E-state index is 0.513. The van der Waals surface area contributed by atoms with Crippen molar-refractivity contribution < 1.29 is 0 Å². The molecule has 0 bridgehead atoms. The molecular formula is C16H18N4S. The minimum atomic E-state index is 0.513. The van der Waals surface area contributed by atoms with E-state index in [1.54, 1.807) is 6.20 Å². The van der Waals surface area contributed by atoms with Crippen molar-refractivity contribution in [1.29, 1.82) is 0 Å². The minimum Gasteiger partial charge on any atom is -0.362 e. The van der Waals surface area contributed by atoms with Crippen LogP contribution < -0.4 is 10.7 Å². The maximum absolute atomic E-state index is 5.14. The van der Waals surface area contributed by atoms with Crippen LogP contribution in [0, 0.1) is 0 Å². The van der Waals surface area contributed by atoms with Crippen LogP contribution in [-0.4, -0.2) is 22.4 Å². The fourth-order valence-electron chi connectivity index (χ4n) is 1.83. The molecule has 1 aromatic carbocycles. The predicted octanol–water partition coefficient (Wildman–Crippen LogP) is 2.51. The molecule has 0 aliphatic heterocycles. The van der Waals surface area contributed by atoms with Crippen LogP contribution in [0.1, 0.15) is 18.2 Å². The van der Waals surface area contributed by atoms with E-state index < -0.39 is 0 Å². The molecule has 1 aromatic heterocycles. The van der Waals surface area contributed by atoms with Crippen molar-refractivity contribution in [2.75, 3.05) is 6.54 Å². The number of thiocarbonyl (C=S) groups is 1. The van der Waals surface area contributed by atoms with E-state index in [4.69, 9.17) is 12.2 Å². The number of pyridine rings is 1. The second-order valence-electron chi connectivity index (χ2n) is 4.41. The number of benzene rings is 1. The third-order valence-electron chi connectivity index (χ3n) is 2.80. The summed E-state index contributed by atoms with van der Waals surface area (Å²) in [7, 11) is 0. The lowest BCUT2D eigenvalue weighted by Crippen LogP contribution is -2.32. The lowest BCUT2D eigenvalue weighted by Gasteiger charge is -2.09. The molecule has 0 radical (unpaired) electrons. The van der Waals surface area contributed by atoms with Crippen molar-refractivity contribution in [3.05, 3.63) is 66.0 Å². The topological polar surface area (TPSA) is 49.3 Å². The van der Waals surface area contributed by atoms with Crippen molar-refractivity contribution in [3.8, 4) is 0 Å². The van der Waals surface area contributed by atoms with Gasteiger partial charge in [-0.25, -0.2) is 0 Å². The van der Waals surface area contributed by atoms with E-state index in [9.17, 15) is 0 Å². The van der Waals surface area contributed by atoms with Gasteiger partial charge in [-0.1, -0.05) is 36.4 Å². The number of nitrogens with zero attached hydrogens (tertiary/aromatic N) is 2. The van der Waals surface area contributed by atoms with Gasteiger partial charge in [0.2, 0.25) is 0 Å². The molecule has 0 spiro atoms. The van der Waals surface area contributed by atoms with Crippen molar-refractivity contribution in [1.82, 2.24) is 15.7 Å². The molecule has 0 saturated carbocycles. The molecule has 1 heterocycles. The SMILES string of the molecule is CCNC(=S)NN=C(Cc1ccccc1)c1ccccn1. The molecule has 0 fully saturated rings. The Morgan fingerprint density at radius 2 is 1.90 bits per heavy atom. The number of nitrogens with one attached hydrogen (secondary N) is 2. The van der Waals surface area contributed by atoms with Crippen LogP contribution in [0.2, 0.25) is 0 Å². The summed E-state index contributed by atoms with van der Waals surface area (Å²) >= 11 is 5.14. The number of hydrogen-bond acceptors (Lipinski definition) is 3. The quantitative estimate of drug-likeness (QED) is 0.506. The first-order valence-corrected chi connectivity index (χ1v) is 7.26. The van der Waals surface area contributed by atoms with Crippen LogP contribution >= 0.6 is 12.2 Å². The molecule has 0 amide bonds. The molecule has 2 aromatic rings. The molecule has 5 heteroatoms. The molecule has 0 unspecified atom stereocenters. The first-order valence-electron chi connectivity index (χ1n) is 6.85. The normalized spacial score (nSPS) is 11.0. The summed E-state index contributed by atoms with van der Waals surface area (Å²) in [6.07, 6.45) is 2.46. The van der Waals surface area contributed by atoms with E-state index in [0.29, 0.717) is 11.5 Å². The average Bonchev–Trinajstić information content (AvgIpc) is 2.53. The number of hydrogen-bond donors (Lipinski definition) is 2. The van der Waals surface area contributed by atoms with E-state index in [2.05, 4.69) is 33.0 Å². The molecule has 21 heavy (non-hydrogen) atoms. The lowest BCUT2D eigenvalue weighted by atomic mass is 10.1. The monoisotopic (exact) mass is 298 g/mol. The van der Waals surface area contributed by atoms with Gasteiger partial charge in [0.25, 0.3) is 0 Å². The highest BCUT2D eigenvalue weighted by Gasteiger charge is 2.06. The van der Waals surface area contributed by atoms with Crippen LogP contribution in [0.4, 0.5) is 0 Å². The van der Waals surface area contributed by atoms with Gasteiger partial charge in [-0.05, 0) is 36.8 Å². The van der Waals surface area contributed by atoms with Gasteiger partial charge in [0.1, 0.15) is 0 Å². The summed E-state index contributed by atoms with van der Waals surface area (Å²) in [4.78, 5) is 4.36. The second kappa shape index (κ2) is 8.11. The maximum atomic E-state index is 5.14. The molecule has 108 valence electrons. The summed E-state index contributed by atoms with van der Waals surface area (Å²) in [6.45, 7) is 2.75. The molecule has 2 rings (SSSR count). The van der Waals surface area contributed by atoms with Gasteiger partial charge >= 0.3 is 0 Å². The Kier molecular flexibility index (Phi) is 5.84. The van der Waals surface area contributed by atoms with E-state index >= 15 is 0 Å². The van der Waals surface area contributed by atoms with E-state index in [1.165, 1.54) is 5.56 Å². The van der Waals surface area contributed by atoms with Crippen molar-refractivity contribution in [2.45, 2.75) is 13.3 Å². The zero-order chi connectivity index (χ0) is 14.9. The van der Waals surface area contributed by atoms with Crippen molar-refractivity contribution >= 4 is 23.0 Å². The lowest BCUT2D eigenvalue weighted by molar-refractivity contribution is 0.897. The second-order valence-corrected chi connectivity index (χ2v) is 4.82. The van der Waals surface area contributed by atoms with Gasteiger partial charge < -0.3 is 5.32 Å². The van der Waals surface area contributed by atoms with Crippen LogP contribution in [-0.2, 0) is 6.42 Å². The summed E-state index contributed by atoms with van der Waals surface area (Å²) in [6, 6.07) is 16.0. The largest absolute Gasteiger partial charge is 0.362 e. The maximum Gasteiger partial charge on any atom is 0.186 e. The standard InChI is InChI=1S/C16H18N4S/c1-2-17-16(21)20-19-15(14-10-6-7-11-18-14)12-13-8-4-3-5-9-13/h3-11H,2,12H2,1H3,(H2,17,20,21). The molecule has 0 atom stereocenters. The molecule has 2 N–H and O–H groups in total. The Morgan fingerprint density at radius 1 is 1.14 bits per heavy atom. The third kappa shape index (κ3) is 4.96. The molecule has 0 aliphatic rings. The zero-order valence-electron chi connectivity index (χ0n) is 11.9. The fourth-order valence-corrected chi connectivity index (χ4v) is 2.02. The van der Waals surface area contributed by atoms with Gasteiger partial charge in [-0.3, -0.25) is 10.4 Å². The van der Waals surface area contributed by atoms with Crippen LogP contribution in [0.3, 0.4) is 0 Å². The van der Waals surface area contributed by atoms with Crippen molar-refractivity contribution in [3.63, 3.8) is 0 Å². The third-order valence-corrected chi connectivity index (χ3v) is 3.04. The number of hydrazone groups is 1. The Hall–Kier alpha value is -2.27. The fraction of sp³-hybridized carbons (Fsp3) is 0.188. The number of aromatic nitrogens is 1. The summed E-state index contributed by atoms with van der Waals surface area (Å²) in [5, 5.41) is 7.93. The van der Waals surface area contributed by atoms with Crippen LogP contribution in [0.5, 0.6) is 0 Å².